The number of rotatable bonds is 1. The number of fused-ring (bicyclic) bond motifs is 1. The Labute approximate surface area is 120 Å². The molecule has 8 heteroatoms. The molecule has 2 aliphatic rings. The average molecular weight is 339 g/mol. The van der Waals surface area contributed by atoms with Gasteiger partial charge in [-0.2, -0.15) is 10.0 Å². The SMILES string of the molecule is NC1=NN2C(=O)C(c3ccccc3Br)C(=O)N=C2S1. The predicted octanol–water partition coefficient (Wildman–Crippen LogP) is 1.23. The summed E-state index contributed by atoms with van der Waals surface area (Å²) in [6.45, 7) is 0. The van der Waals surface area contributed by atoms with E-state index >= 15 is 0 Å². The molecule has 2 amide bonds. The van der Waals surface area contributed by atoms with E-state index in [0.717, 1.165) is 16.8 Å². The molecule has 0 aliphatic carbocycles. The number of halogens is 1. The molecular formula is C11H7BrN4O2S. The van der Waals surface area contributed by atoms with Crippen LogP contribution < -0.4 is 5.73 Å². The van der Waals surface area contributed by atoms with E-state index in [4.69, 9.17) is 5.73 Å². The fourth-order valence-corrected chi connectivity index (χ4v) is 3.05. The number of hydrazone groups is 1. The van der Waals surface area contributed by atoms with Crippen LogP contribution in [0.2, 0.25) is 0 Å². The van der Waals surface area contributed by atoms with Crippen LogP contribution in [0, 0.1) is 0 Å². The minimum Gasteiger partial charge on any atom is -0.376 e. The molecule has 0 aromatic heterocycles. The molecule has 3 rings (SSSR count). The first-order chi connectivity index (χ1) is 9.08. The summed E-state index contributed by atoms with van der Waals surface area (Å²) in [4.78, 5) is 28.3. The van der Waals surface area contributed by atoms with Crippen LogP contribution in [0.3, 0.4) is 0 Å². The second-order valence-corrected chi connectivity index (χ2v) is 5.72. The van der Waals surface area contributed by atoms with Gasteiger partial charge in [-0.1, -0.05) is 34.1 Å². The number of nitrogens with zero attached hydrogens (tertiary/aromatic N) is 3. The van der Waals surface area contributed by atoms with Crippen molar-refractivity contribution in [3.63, 3.8) is 0 Å². The molecule has 1 aromatic carbocycles. The van der Waals surface area contributed by atoms with Gasteiger partial charge in [-0.05, 0) is 23.4 Å². The fraction of sp³-hybridized carbons (Fsp3) is 0.0909. The van der Waals surface area contributed by atoms with Crippen molar-refractivity contribution in [1.82, 2.24) is 5.01 Å². The van der Waals surface area contributed by atoms with E-state index in [1.807, 2.05) is 6.07 Å². The first-order valence-corrected chi connectivity index (χ1v) is 6.92. The number of hydrogen-bond acceptors (Lipinski definition) is 5. The van der Waals surface area contributed by atoms with Crippen molar-refractivity contribution >= 4 is 49.8 Å². The predicted molar refractivity (Wildman–Crippen MR) is 75.4 cm³/mol. The third-order valence-corrected chi connectivity index (χ3v) is 4.16. The molecule has 19 heavy (non-hydrogen) atoms. The second-order valence-electron chi connectivity index (χ2n) is 3.88. The van der Waals surface area contributed by atoms with Crippen LogP contribution >= 0.6 is 27.7 Å². The molecule has 1 atom stereocenters. The molecule has 1 unspecified atom stereocenters. The normalized spacial score (nSPS) is 22.2. The Morgan fingerprint density at radius 2 is 2.05 bits per heavy atom. The van der Waals surface area contributed by atoms with Gasteiger partial charge in [-0.25, -0.2) is 0 Å². The Bertz CT molecular complexity index is 658. The Morgan fingerprint density at radius 3 is 2.79 bits per heavy atom. The second kappa shape index (κ2) is 4.46. The highest BCUT2D eigenvalue weighted by Gasteiger charge is 2.42. The first kappa shape index (κ1) is 12.4. The summed E-state index contributed by atoms with van der Waals surface area (Å²) in [5.74, 6) is -1.91. The van der Waals surface area contributed by atoms with Gasteiger partial charge in [0.25, 0.3) is 11.8 Å². The number of carbonyl (C=O) groups is 2. The molecule has 0 fully saturated rings. The molecule has 0 saturated carbocycles. The lowest BCUT2D eigenvalue weighted by molar-refractivity contribution is -0.135. The lowest BCUT2D eigenvalue weighted by Crippen LogP contribution is -2.40. The third-order valence-electron chi connectivity index (χ3n) is 2.70. The van der Waals surface area contributed by atoms with Gasteiger partial charge in [0.2, 0.25) is 5.17 Å². The lowest BCUT2D eigenvalue weighted by Gasteiger charge is -2.23. The van der Waals surface area contributed by atoms with Crippen LogP contribution in [-0.4, -0.2) is 27.2 Å². The minimum absolute atomic E-state index is 0.202. The van der Waals surface area contributed by atoms with Crippen molar-refractivity contribution < 1.29 is 9.59 Å². The maximum atomic E-state index is 12.3. The number of benzene rings is 1. The number of nitrogens with two attached hydrogens (primary N) is 1. The smallest absolute Gasteiger partial charge is 0.266 e. The molecule has 2 N–H and O–H groups in total. The Hall–Kier alpha value is -1.67. The first-order valence-electron chi connectivity index (χ1n) is 5.31. The molecule has 1 aromatic rings. The largest absolute Gasteiger partial charge is 0.376 e. The Morgan fingerprint density at radius 1 is 1.32 bits per heavy atom. The van der Waals surface area contributed by atoms with Crippen LogP contribution in [0.15, 0.2) is 38.8 Å². The third kappa shape index (κ3) is 1.96. The zero-order valence-corrected chi connectivity index (χ0v) is 11.8. The van der Waals surface area contributed by atoms with E-state index in [2.05, 4.69) is 26.0 Å². The zero-order chi connectivity index (χ0) is 13.6. The van der Waals surface area contributed by atoms with Crippen LogP contribution in [0.5, 0.6) is 0 Å². The molecule has 2 heterocycles. The highest BCUT2D eigenvalue weighted by molar-refractivity contribution is 9.10. The summed E-state index contributed by atoms with van der Waals surface area (Å²) in [5.41, 5.74) is 6.11. The summed E-state index contributed by atoms with van der Waals surface area (Å²) in [6, 6.07) is 7.05. The minimum atomic E-state index is -0.977. The quantitative estimate of drug-likeness (QED) is 0.780. The molecule has 0 bridgehead atoms. The molecular weight excluding hydrogens is 332 g/mol. The van der Waals surface area contributed by atoms with E-state index in [9.17, 15) is 9.59 Å². The van der Waals surface area contributed by atoms with E-state index < -0.39 is 17.7 Å². The van der Waals surface area contributed by atoms with E-state index in [-0.39, 0.29) is 10.3 Å². The number of aliphatic imine (C=N–C) groups is 1. The van der Waals surface area contributed by atoms with Crippen molar-refractivity contribution in [2.75, 3.05) is 0 Å². The van der Waals surface area contributed by atoms with Crippen LogP contribution in [-0.2, 0) is 9.59 Å². The number of amidine groups is 2. The van der Waals surface area contributed by atoms with Gasteiger partial charge in [0.1, 0.15) is 5.92 Å². The van der Waals surface area contributed by atoms with Gasteiger partial charge >= 0.3 is 0 Å². The lowest BCUT2D eigenvalue weighted by atomic mass is 9.96. The highest BCUT2D eigenvalue weighted by atomic mass is 79.9. The topological polar surface area (TPSA) is 88.1 Å². The molecule has 2 aliphatic heterocycles. The van der Waals surface area contributed by atoms with E-state index in [0.29, 0.717) is 10.0 Å². The van der Waals surface area contributed by atoms with E-state index in [1.54, 1.807) is 18.2 Å². The standard InChI is InChI=1S/C11H7BrN4O2S/c12-6-4-2-1-3-5(6)7-8(17)14-11-16(9(7)18)15-10(13)19-11/h1-4,7H,(H2,13,15). The molecule has 0 saturated heterocycles. The highest BCUT2D eigenvalue weighted by Crippen LogP contribution is 2.33. The fourth-order valence-electron chi connectivity index (χ4n) is 1.87. The van der Waals surface area contributed by atoms with Gasteiger partial charge in [0.05, 0.1) is 0 Å². The number of hydrogen-bond donors (Lipinski definition) is 1. The zero-order valence-electron chi connectivity index (χ0n) is 9.41. The summed E-state index contributed by atoms with van der Waals surface area (Å²) in [7, 11) is 0. The monoisotopic (exact) mass is 338 g/mol. The summed E-state index contributed by atoms with van der Waals surface area (Å²) >= 11 is 4.34. The molecule has 0 radical (unpaired) electrons. The van der Waals surface area contributed by atoms with Crippen molar-refractivity contribution in [1.29, 1.82) is 0 Å². The maximum absolute atomic E-state index is 12.3. The van der Waals surface area contributed by atoms with Crippen molar-refractivity contribution in [2.45, 2.75) is 5.92 Å². The van der Waals surface area contributed by atoms with Gasteiger partial charge in [-0.15, -0.1) is 5.10 Å². The average Bonchev–Trinajstić information content (AvgIpc) is 2.72. The van der Waals surface area contributed by atoms with Crippen LogP contribution in [0.1, 0.15) is 11.5 Å². The van der Waals surface area contributed by atoms with Crippen molar-refractivity contribution in [2.24, 2.45) is 15.8 Å². The molecule has 0 spiro atoms. The number of amides is 2. The van der Waals surface area contributed by atoms with Gasteiger partial charge in [-0.3, -0.25) is 9.59 Å². The Kier molecular flexibility index (Phi) is 2.90. The summed E-state index contributed by atoms with van der Waals surface area (Å²) < 4.78 is 0.684. The number of thioether (sulfide) groups is 1. The van der Waals surface area contributed by atoms with Crippen LogP contribution in [0.4, 0.5) is 0 Å². The van der Waals surface area contributed by atoms with Crippen molar-refractivity contribution in [3.05, 3.63) is 34.3 Å². The van der Waals surface area contributed by atoms with Gasteiger partial charge in [0, 0.05) is 4.47 Å². The molecule has 6 nitrogen and oxygen atoms in total. The maximum Gasteiger partial charge on any atom is 0.266 e. The Balaban J connectivity index is 2.07. The number of carbonyl (C=O) groups excluding carboxylic acids is 2. The summed E-state index contributed by atoms with van der Waals surface area (Å²) in [5, 5.41) is 5.38. The molecule has 96 valence electrons. The van der Waals surface area contributed by atoms with E-state index in [1.165, 1.54) is 0 Å². The van der Waals surface area contributed by atoms with Gasteiger partial charge < -0.3 is 5.73 Å². The van der Waals surface area contributed by atoms with Gasteiger partial charge in [0.15, 0.2) is 5.17 Å². The van der Waals surface area contributed by atoms with Crippen molar-refractivity contribution in [3.8, 4) is 0 Å². The van der Waals surface area contributed by atoms with Crippen LogP contribution in [0.25, 0.3) is 0 Å². The summed E-state index contributed by atoms with van der Waals surface area (Å²) in [6.07, 6.45) is 0.